The summed E-state index contributed by atoms with van der Waals surface area (Å²) in [6.45, 7) is 0. The van der Waals surface area contributed by atoms with Crippen molar-refractivity contribution in [3.63, 3.8) is 0 Å². The Morgan fingerprint density at radius 2 is 2.41 bits per heavy atom. The van der Waals surface area contributed by atoms with E-state index in [2.05, 4.69) is 16.6 Å². The predicted octanol–water partition coefficient (Wildman–Crippen LogP) is 2.41. The van der Waals surface area contributed by atoms with Crippen LogP contribution in [0.15, 0.2) is 18.3 Å². The van der Waals surface area contributed by atoms with E-state index in [0.29, 0.717) is 22.0 Å². The van der Waals surface area contributed by atoms with Gasteiger partial charge in [-0.05, 0) is 31.2 Å². The Labute approximate surface area is 112 Å². The van der Waals surface area contributed by atoms with E-state index in [1.807, 2.05) is 23.9 Å². The average Bonchev–Trinajstić information content (AvgIpc) is 2.76. The summed E-state index contributed by atoms with van der Waals surface area (Å²) in [7, 11) is 0. The molecule has 0 bridgehead atoms. The summed E-state index contributed by atoms with van der Waals surface area (Å²) in [4.78, 5) is 4.49. The number of hydrogen-bond acceptors (Lipinski definition) is 4. The molecule has 1 aliphatic rings. The second-order valence-electron chi connectivity index (χ2n) is 4.25. The van der Waals surface area contributed by atoms with Crippen LogP contribution in [0.5, 0.6) is 0 Å². The second-order valence-corrected chi connectivity index (χ2v) is 5.77. The minimum atomic E-state index is 0.349. The van der Waals surface area contributed by atoms with Crippen molar-refractivity contribution in [2.24, 2.45) is 5.73 Å². The first-order valence-electron chi connectivity index (χ1n) is 5.76. The Morgan fingerprint density at radius 1 is 1.59 bits per heavy atom. The third-order valence-electron chi connectivity index (χ3n) is 3.12. The van der Waals surface area contributed by atoms with Gasteiger partial charge in [0, 0.05) is 23.2 Å². The maximum Gasteiger partial charge on any atom is 0.122 e. The molecule has 2 unspecified atom stereocenters. The maximum absolute atomic E-state index is 5.58. The smallest absolute Gasteiger partial charge is 0.122 e. The van der Waals surface area contributed by atoms with Gasteiger partial charge in [0.1, 0.15) is 4.99 Å². The SMILES string of the molecule is CSC1CCCC1Nc1ccnc(C(N)=S)c1. The Balaban J connectivity index is 2.07. The molecule has 17 heavy (non-hydrogen) atoms. The number of anilines is 1. The molecule has 1 heterocycles. The maximum atomic E-state index is 5.58. The third-order valence-corrected chi connectivity index (χ3v) is 4.50. The largest absolute Gasteiger partial charge is 0.388 e. The Morgan fingerprint density at radius 3 is 3.12 bits per heavy atom. The molecule has 1 aliphatic carbocycles. The quantitative estimate of drug-likeness (QED) is 0.821. The highest BCUT2D eigenvalue weighted by Crippen LogP contribution is 2.30. The Kier molecular flexibility index (Phi) is 4.23. The number of aromatic nitrogens is 1. The lowest BCUT2D eigenvalue weighted by Crippen LogP contribution is -2.26. The van der Waals surface area contributed by atoms with Gasteiger partial charge in [-0.1, -0.05) is 18.6 Å². The number of thioether (sulfide) groups is 1. The molecule has 0 amide bonds. The van der Waals surface area contributed by atoms with E-state index < -0.39 is 0 Å². The van der Waals surface area contributed by atoms with Crippen molar-refractivity contribution in [3.05, 3.63) is 24.0 Å². The van der Waals surface area contributed by atoms with Crippen LogP contribution in [0.2, 0.25) is 0 Å². The van der Waals surface area contributed by atoms with E-state index >= 15 is 0 Å². The van der Waals surface area contributed by atoms with E-state index in [1.165, 1.54) is 19.3 Å². The molecule has 5 heteroatoms. The first kappa shape index (κ1) is 12.6. The summed E-state index contributed by atoms with van der Waals surface area (Å²) in [5.41, 5.74) is 7.33. The normalized spacial score (nSPS) is 23.6. The number of hydrogen-bond donors (Lipinski definition) is 2. The van der Waals surface area contributed by atoms with E-state index in [4.69, 9.17) is 18.0 Å². The number of pyridine rings is 1. The summed E-state index contributed by atoms with van der Waals surface area (Å²) in [5, 5.41) is 4.27. The molecule has 0 saturated heterocycles. The summed E-state index contributed by atoms with van der Waals surface area (Å²) < 4.78 is 0. The van der Waals surface area contributed by atoms with Gasteiger partial charge in [-0.15, -0.1) is 0 Å². The highest BCUT2D eigenvalue weighted by molar-refractivity contribution is 7.99. The molecular formula is C12H17N3S2. The van der Waals surface area contributed by atoms with Crippen LogP contribution in [-0.2, 0) is 0 Å². The fourth-order valence-electron chi connectivity index (χ4n) is 2.24. The van der Waals surface area contributed by atoms with E-state index in [1.54, 1.807) is 6.20 Å². The fourth-order valence-corrected chi connectivity index (χ4v) is 3.29. The van der Waals surface area contributed by atoms with E-state index in [0.717, 1.165) is 5.69 Å². The first-order chi connectivity index (χ1) is 8.20. The predicted molar refractivity (Wildman–Crippen MR) is 78.7 cm³/mol. The topological polar surface area (TPSA) is 50.9 Å². The lowest BCUT2D eigenvalue weighted by molar-refractivity contribution is 0.768. The van der Waals surface area contributed by atoms with Gasteiger partial charge in [-0.25, -0.2) is 0 Å². The molecular weight excluding hydrogens is 250 g/mol. The zero-order chi connectivity index (χ0) is 12.3. The summed E-state index contributed by atoms with van der Waals surface area (Å²) in [6.07, 6.45) is 7.76. The summed E-state index contributed by atoms with van der Waals surface area (Å²) >= 11 is 6.88. The van der Waals surface area contributed by atoms with Gasteiger partial charge in [0.25, 0.3) is 0 Å². The molecule has 2 rings (SSSR count). The van der Waals surface area contributed by atoms with Crippen molar-refractivity contribution >= 4 is 34.7 Å². The van der Waals surface area contributed by atoms with E-state index in [9.17, 15) is 0 Å². The Hall–Kier alpha value is -0.810. The molecule has 1 aromatic rings. The van der Waals surface area contributed by atoms with Gasteiger partial charge in [-0.3, -0.25) is 4.98 Å². The van der Waals surface area contributed by atoms with Crippen LogP contribution in [0, 0.1) is 0 Å². The van der Waals surface area contributed by atoms with Gasteiger partial charge in [0.2, 0.25) is 0 Å². The second kappa shape index (κ2) is 5.69. The van der Waals surface area contributed by atoms with Crippen LogP contribution in [0.4, 0.5) is 5.69 Å². The van der Waals surface area contributed by atoms with Crippen molar-refractivity contribution in [1.82, 2.24) is 4.98 Å². The lowest BCUT2D eigenvalue weighted by Gasteiger charge is -2.20. The van der Waals surface area contributed by atoms with Gasteiger partial charge in [0.05, 0.1) is 5.69 Å². The minimum Gasteiger partial charge on any atom is -0.388 e. The van der Waals surface area contributed by atoms with Crippen LogP contribution in [0.25, 0.3) is 0 Å². The number of rotatable bonds is 4. The molecule has 2 atom stereocenters. The minimum absolute atomic E-state index is 0.349. The average molecular weight is 267 g/mol. The van der Waals surface area contributed by atoms with Gasteiger partial charge in [-0.2, -0.15) is 11.8 Å². The molecule has 1 fully saturated rings. The summed E-state index contributed by atoms with van der Waals surface area (Å²) in [6, 6.07) is 4.45. The molecule has 1 aromatic heterocycles. The molecule has 1 saturated carbocycles. The van der Waals surface area contributed by atoms with Crippen LogP contribution in [0.1, 0.15) is 25.0 Å². The van der Waals surface area contributed by atoms with Crippen LogP contribution in [-0.4, -0.2) is 27.5 Å². The lowest BCUT2D eigenvalue weighted by atomic mass is 10.2. The molecule has 92 valence electrons. The zero-order valence-corrected chi connectivity index (χ0v) is 11.5. The van der Waals surface area contributed by atoms with Crippen LogP contribution in [0.3, 0.4) is 0 Å². The standard InChI is InChI=1S/C12H17N3S2/c1-17-11-4-2-3-9(11)15-8-5-6-14-10(7-8)12(13)16/h5-7,9,11H,2-4H2,1H3,(H2,13,16)(H,14,15). The molecule has 0 aromatic carbocycles. The molecule has 0 aliphatic heterocycles. The van der Waals surface area contributed by atoms with Crippen LogP contribution >= 0.6 is 24.0 Å². The van der Waals surface area contributed by atoms with Crippen molar-refractivity contribution in [1.29, 1.82) is 0 Å². The molecule has 3 N–H and O–H groups in total. The highest BCUT2D eigenvalue weighted by Gasteiger charge is 2.26. The molecule has 3 nitrogen and oxygen atoms in total. The first-order valence-corrected chi connectivity index (χ1v) is 7.45. The highest BCUT2D eigenvalue weighted by atomic mass is 32.2. The van der Waals surface area contributed by atoms with Crippen molar-refractivity contribution < 1.29 is 0 Å². The number of nitrogens with two attached hydrogens (primary N) is 1. The fraction of sp³-hybridized carbons (Fsp3) is 0.500. The monoisotopic (exact) mass is 267 g/mol. The number of nitrogens with one attached hydrogen (secondary N) is 1. The van der Waals surface area contributed by atoms with Crippen LogP contribution < -0.4 is 11.1 Å². The van der Waals surface area contributed by atoms with Crippen molar-refractivity contribution in [3.8, 4) is 0 Å². The third kappa shape index (κ3) is 3.10. The molecule has 0 spiro atoms. The van der Waals surface area contributed by atoms with Gasteiger partial charge in [0.15, 0.2) is 0 Å². The van der Waals surface area contributed by atoms with Gasteiger partial charge < -0.3 is 11.1 Å². The Bertz CT molecular complexity index is 408. The number of nitrogens with zero attached hydrogens (tertiary/aromatic N) is 1. The molecule has 0 radical (unpaired) electrons. The summed E-state index contributed by atoms with van der Waals surface area (Å²) in [5.74, 6) is 0. The zero-order valence-electron chi connectivity index (χ0n) is 9.85. The van der Waals surface area contributed by atoms with E-state index in [-0.39, 0.29) is 0 Å². The van der Waals surface area contributed by atoms with Crippen molar-refractivity contribution in [2.45, 2.75) is 30.6 Å². The number of thiocarbonyl (C=S) groups is 1. The van der Waals surface area contributed by atoms with Gasteiger partial charge >= 0.3 is 0 Å². The van der Waals surface area contributed by atoms with Crippen molar-refractivity contribution in [2.75, 3.05) is 11.6 Å².